The van der Waals surface area contributed by atoms with Crippen molar-refractivity contribution in [3.05, 3.63) is 51.0 Å². The third kappa shape index (κ3) is 4.53. The average Bonchev–Trinajstić information content (AvgIpc) is 2.63. The first-order valence-corrected chi connectivity index (χ1v) is 8.08. The van der Waals surface area contributed by atoms with E-state index in [2.05, 4.69) is 75.7 Å². The van der Waals surface area contributed by atoms with Crippen molar-refractivity contribution in [2.75, 3.05) is 0 Å². The summed E-state index contributed by atoms with van der Waals surface area (Å²) in [5, 5.41) is 0. The van der Waals surface area contributed by atoms with Gasteiger partial charge in [0.1, 0.15) is 0 Å². The molecule has 0 saturated carbocycles. The second-order valence-corrected chi connectivity index (χ2v) is 7.97. The van der Waals surface area contributed by atoms with E-state index in [1.165, 1.54) is 44.6 Å². The van der Waals surface area contributed by atoms with E-state index in [0.717, 1.165) is 0 Å². The predicted molar refractivity (Wildman–Crippen MR) is 94.0 cm³/mol. The maximum Gasteiger partial charge on any atom is 4.00 e. The van der Waals surface area contributed by atoms with Crippen molar-refractivity contribution in [3.8, 4) is 0 Å². The van der Waals surface area contributed by atoms with Crippen molar-refractivity contribution in [2.45, 2.75) is 69.2 Å². The summed E-state index contributed by atoms with van der Waals surface area (Å²) in [6, 6.07) is 0. The van der Waals surface area contributed by atoms with Gasteiger partial charge in [-0.2, -0.15) is 6.42 Å². The summed E-state index contributed by atoms with van der Waals surface area (Å²) in [7, 11) is 0. The molecule has 0 nitrogen and oxygen atoms in total. The minimum absolute atomic E-state index is 0. The van der Waals surface area contributed by atoms with E-state index in [1.54, 1.807) is 0 Å². The van der Waals surface area contributed by atoms with Crippen molar-refractivity contribution in [1.29, 1.82) is 0 Å². The van der Waals surface area contributed by atoms with Crippen LogP contribution in [-0.4, -0.2) is 0 Å². The Bertz CT molecular complexity index is 588. The summed E-state index contributed by atoms with van der Waals surface area (Å²) in [5.74, 6) is 0. The van der Waals surface area contributed by atoms with Gasteiger partial charge in [0.05, 0.1) is 0 Å². The monoisotopic (exact) mass is 478 g/mol. The van der Waals surface area contributed by atoms with E-state index in [-0.39, 0.29) is 74.3 Å². The van der Waals surface area contributed by atoms with Gasteiger partial charge in [-0.3, -0.25) is 0 Å². The van der Waals surface area contributed by atoms with Gasteiger partial charge >= 0.3 is 26.2 Å². The molecule has 2 rings (SSSR count). The fourth-order valence-electron chi connectivity index (χ4n) is 3.97. The van der Waals surface area contributed by atoms with Crippen LogP contribution in [0.1, 0.15) is 69.2 Å². The number of rotatable bonds is 2. The number of hydrogen-bond acceptors (Lipinski definition) is 0. The van der Waals surface area contributed by atoms with Gasteiger partial charge in [0.15, 0.2) is 0 Å². The average molecular weight is 481 g/mol. The van der Waals surface area contributed by atoms with Crippen LogP contribution < -0.4 is 37.2 Å². The molecule has 25 heavy (non-hydrogen) atoms. The molecule has 2 aliphatic rings. The van der Waals surface area contributed by atoms with Gasteiger partial charge in [-0.1, -0.05) is 66.5 Å². The van der Waals surface area contributed by atoms with Gasteiger partial charge in [-0.05, 0) is 24.7 Å². The van der Waals surface area contributed by atoms with E-state index in [0.29, 0.717) is 0 Å². The molecule has 0 aromatic heterocycles. The molecule has 0 bridgehead atoms. The summed E-state index contributed by atoms with van der Waals surface area (Å²) in [4.78, 5) is 0. The zero-order valence-corrected chi connectivity index (χ0v) is 21.9. The Morgan fingerprint density at radius 3 is 0.920 bits per heavy atom. The smallest absolute Gasteiger partial charge is 1.00 e. The number of halogens is 3. The molecule has 0 heterocycles. The van der Waals surface area contributed by atoms with E-state index >= 15 is 0 Å². The molecule has 0 unspecified atom stereocenters. The second-order valence-electron chi connectivity index (χ2n) is 7.97. The second kappa shape index (κ2) is 9.68. The first-order valence-electron chi connectivity index (χ1n) is 8.08. The van der Waals surface area contributed by atoms with Gasteiger partial charge < -0.3 is 37.2 Å². The van der Waals surface area contributed by atoms with Crippen LogP contribution in [0.4, 0.5) is 0 Å². The first kappa shape index (κ1) is 30.3. The van der Waals surface area contributed by atoms with Gasteiger partial charge in [0.25, 0.3) is 0 Å². The molecule has 0 atom stereocenters. The van der Waals surface area contributed by atoms with Gasteiger partial charge in [-0.15, -0.1) is 33.4 Å². The van der Waals surface area contributed by atoms with Crippen LogP contribution in [0.2, 0.25) is 0 Å². The quantitative estimate of drug-likeness (QED) is 0.386. The van der Waals surface area contributed by atoms with Gasteiger partial charge in [0.2, 0.25) is 0 Å². The van der Waals surface area contributed by atoms with Crippen LogP contribution in [0, 0.1) is 17.3 Å². The van der Waals surface area contributed by atoms with Crippen molar-refractivity contribution in [2.24, 2.45) is 10.8 Å². The van der Waals surface area contributed by atoms with Gasteiger partial charge in [0, 0.05) is 0 Å². The van der Waals surface area contributed by atoms with Crippen LogP contribution in [0.5, 0.6) is 0 Å². The molecule has 0 amide bonds. The molecule has 0 N–H and O–H groups in total. The Hall–Kier alpha value is 0.583. The van der Waals surface area contributed by atoms with E-state index in [1.807, 2.05) is 0 Å². The molecule has 0 radical (unpaired) electrons. The molecule has 140 valence electrons. The van der Waals surface area contributed by atoms with Crippen LogP contribution in [0.25, 0.3) is 0 Å². The minimum atomic E-state index is 0. The van der Waals surface area contributed by atoms with E-state index < -0.39 is 0 Å². The van der Waals surface area contributed by atoms with E-state index in [4.69, 9.17) is 0 Å². The molecule has 0 fully saturated rings. The van der Waals surface area contributed by atoms with Gasteiger partial charge in [-0.25, -0.2) is 0 Å². The fraction of sp³-hybridized carbons (Fsp3) is 0.571. The van der Waals surface area contributed by atoms with Crippen molar-refractivity contribution in [3.63, 3.8) is 0 Å². The SMILES string of the molecule is CC1=C(C)C(C)(C)C([CH-]C2=C(C)C(C)=C(C)C2(C)C)=C1C.[Cl-].[Cl-].[Cl-].[Zr+4]. The van der Waals surface area contributed by atoms with Crippen LogP contribution in [0.3, 0.4) is 0 Å². The predicted octanol–water partition coefficient (Wildman–Crippen LogP) is -2.41. The zero-order valence-electron chi connectivity index (χ0n) is 17.2. The maximum atomic E-state index is 2.49. The first-order chi connectivity index (χ1) is 9.44. The molecule has 0 aromatic carbocycles. The minimum Gasteiger partial charge on any atom is -1.00 e. The molecule has 0 aromatic rings. The maximum absolute atomic E-state index is 2.49. The Labute approximate surface area is 193 Å². The normalized spacial score (nSPS) is 20.7. The fourth-order valence-corrected chi connectivity index (χ4v) is 3.97. The Balaban J connectivity index is -0.00000121. The molecule has 0 aliphatic heterocycles. The third-order valence-corrected chi connectivity index (χ3v) is 6.57. The van der Waals surface area contributed by atoms with Crippen molar-refractivity contribution >= 4 is 0 Å². The number of allylic oxidation sites excluding steroid dienone is 8. The summed E-state index contributed by atoms with van der Waals surface area (Å²) in [6.07, 6.45) is 2.49. The van der Waals surface area contributed by atoms with Crippen molar-refractivity contribution in [1.82, 2.24) is 0 Å². The Morgan fingerprint density at radius 1 is 0.520 bits per heavy atom. The molecule has 2 aliphatic carbocycles. The standard InChI is InChI=1S/C21H31.3ClH.Zr/c1-12-14(3)18(20(7,8)16(12)5)11-19-15(4)13(2)17(6)21(19,9)10;;;;/h11H,1-10H3;3*1H;/q-1;;;;+4/p-3. The molecule has 4 heteroatoms. The Kier molecular flexibility index (Phi) is 11.7. The van der Waals surface area contributed by atoms with E-state index in [9.17, 15) is 0 Å². The van der Waals surface area contributed by atoms with Crippen LogP contribution >= 0.6 is 0 Å². The summed E-state index contributed by atoms with van der Waals surface area (Å²) in [6.45, 7) is 23.1. The third-order valence-electron chi connectivity index (χ3n) is 6.57. The largest absolute Gasteiger partial charge is 4.00 e. The molecule has 0 saturated heterocycles. The number of hydrogen-bond donors (Lipinski definition) is 0. The van der Waals surface area contributed by atoms with Crippen molar-refractivity contribution < 1.29 is 63.4 Å². The molecule has 0 spiro atoms. The summed E-state index contributed by atoms with van der Waals surface area (Å²) < 4.78 is 0. The topological polar surface area (TPSA) is 0 Å². The summed E-state index contributed by atoms with van der Waals surface area (Å²) >= 11 is 0. The zero-order chi connectivity index (χ0) is 16.3. The molecular weight excluding hydrogens is 450 g/mol. The summed E-state index contributed by atoms with van der Waals surface area (Å²) in [5.41, 5.74) is 12.2. The Morgan fingerprint density at radius 2 is 0.760 bits per heavy atom. The van der Waals surface area contributed by atoms with Crippen LogP contribution in [-0.2, 0) is 26.2 Å². The molecular formula is C21H31Cl3Zr. The van der Waals surface area contributed by atoms with Crippen LogP contribution in [0.15, 0.2) is 44.6 Å².